The molecule has 0 bridgehead atoms. The first-order chi connectivity index (χ1) is 27.9. The lowest BCUT2D eigenvalue weighted by Gasteiger charge is -2.36. The van der Waals surface area contributed by atoms with Crippen LogP contribution in [-0.4, -0.2) is 91.2 Å². The summed E-state index contributed by atoms with van der Waals surface area (Å²) in [4.78, 5) is 39.8. The Morgan fingerprint density at radius 1 is 0.579 bits per heavy atom. The minimum Gasteiger partial charge on any atom is -0.367 e. The van der Waals surface area contributed by atoms with E-state index in [9.17, 15) is 18.4 Å². The third kappa shape index (κ3) is 11.9. The summed E-state index contributed by atoms with van der Waals surface area (Å²) in [5, 5.41) is 5.76. The van der Waals surface area contributed by atoms with Crippen LogP contribution in [0.3, 0.4) is 0 Å². The van der Waals surface area contributed by atoms with E-state index in [1.807, 2.05) is 24.5 Å². The van der Waals surface area contributed by atoms with Gasteiger partial charge in [-0.15, -0.1) is 11.6 Å². The van der Waals surface area contributed by atoms with Gasteiger partial charge >= 0.3 is 0 Å². The largest absolute Gasteiger partial charge is 0.367 e. The number of pyridine rings is 2. The molecular formula is C46H49ClF2N6O2. The van der Waals surface area contributed by atoms with Crippen molar-refractivity contribution in [1.29, 1.82) is 0 Å². The first kappa shape index (κ1) is 41.3. The number of nitrogens with zero attached hydrogens (tertiary/aromatic N) is 5. The van der Waals surface area contributed by atoms with E-state index in [0.717, 1.165) is 76.4 Å². The number of carbonyl (C=O) groups is 2. The zero-order chi connectivity index (χ0) is 39.8. The lowest BCUT2D eigenvalue weighted by molar-refractivity contribution is 0.0969. The Kier molecular flexibility index (Phi) is 15.4. The number of piperazine rings is 2. The van der Waals surface area contributed by atoms with E-state index in [1.165, 1.54) is 58.5 Å². The van der Waals surface area contributed by atoms with E-state index in [4.69, 9.17) is 11.6 Å². The minimum absolute atomic E-state index is 0.0145. The lowest BCUT2D eigenvalue weighted by Crippen LogP contribution is -2.46. The van der Waals surface area contributed by atoms with E-state index < -0.39 is 0 Å². The molecule has 2 saturated heterocycles. The molecule has 0 amide bonds. The number of Topliss-reactive ketones (excluding diaryl/α,β-unsaturated/α-hetero) is 2. The van der Waals surface area contributed by atoms with E-state index in [2.05, 4.69) is 78.5 Å². The van der Waals surface area contributed by atoms with Crippen LogP contribution in [0.2, 0.25) is 0 Å². The number of nitrogens with one attached hydrogen (secondary N) is 1. The van der Waals surface area contributed by atoms with Gasteiger partial charge in [-0.25, -0.2) is 8.78 Å². The molecule has 57 heavy (non-hydrogen) atoms. The van der Waals surface area contributed by atoms with Gasteiger partial charge < -0.3 is 15.1 Å². The summed E-state index contributed by atoms with van der Waals surface area (Å²) in [5.74, 6) is -0.0572. The van der Waals surface area contributed by atoms with Crippen molar-refractivity contribution in [1.82, 2.24) is 20.2 Å². The molecule has 0 saturated carbocycles. The molecule has 2 aromatic heterocycles. The van der Waals surface area contributed by atoms with Gasteiger partial charge in [0.1, 0.15) is 11.6 Å². The Morgan fingerprint density at radius 2 is 1.04 bits per heavy atom. The van der Waals surface area contributed by atoms with Gasteiger partial charge in [0.15, 0.2) is 11.6 Å². The van der Waals surface area contributed by atoms with Gasteiger partial charge in [-0.3, -0.25) is 24.5 Å². The van der Waals surface area contributed by atoms with Crippen LogP contribution >= 0.6 is 11.6 Å². The van der Waals surface area contributed by atoms with Crippen molar-refractivity contribution in [2.24, 2.45) is 0 Å². The molecule has 2 fully saturated rings. The molecule has 8 rings (SSSR count). The van der Waals surface area contributed by atoms with Gasteiger partial charge in [-0.2, -0.15) is 0 Å². The van der Waals surface area contributed by atoms with E-state index in [-0.39, 0.29) is 23.2 Å². The number of para-hydroxylation sites is 2. The number of alkyl halides is 1. The standard InChI is InChI=1S/C23H24FN3O.C13H15N3.C10H10ClFO/c24-20-10-8-18(9-11-20)22(28)7-3-13-26-14-16-27(17-15-26)21-6-1-4-19-5-2-12-25-23(19)21;1-3-11-4-2-6-15-13(11)12(5-1)16-9-7-14-8-10-16;11-7-1-2-10(13)8-3-5-9(12)6-4-8/h1-2,4-6,8-12H,3,7,13-17H2;1-6,14H,7-10H2;3-6H,1-2,7H2. The number of aromatic nitrogens is 2. The van der Waals surface area contributed by atoms with Crippen LogP contribution in [0.5, 0.6) is 0 Å². The number of hydrogen-bond donors (Lipinski definition) is 1. The van der Waals surface area contributed by atoms with Crippen LogP contribution in [0.15, 0.2) is 122 Å². The third-order valence-electron chi connectivity index (χ3n) is 10.1. The highest BCUT2D eigenvalue weighted by Gasteiger charge is 2.19. The van der Waals surface area contributed by atoms with Crippen LogP contribution in [0.4, 0.5) is 20.2 Å². The van der Waals surface area contributed by atoms with Gasteiger partial charge in [-0.1, -0.05) is 36.4 Å². The number of halogens is 3. The highest BCUT2D eigenvalue weighted by Crippen LogP contribution is 2.26. The maximum atomic E-state index is 13.0. The van der Waals surface area contributed by atoms with Crippen molar-refractivity contribution in [3.05, 3.63) is 144 Å². The average molecular weight is 791 g/mol. The zero-order valence-corrected chi connectivity index (χ0v) is 32.9. The molecule has 0 atom stereocenters. The minimum atomic E-state index is -0.325. The van der Waals surface area contributed by atoms with Gasteiger partial charge in [0.05, 0.1) is 22.4 Å². The molecule has 4 heterocycles. The summed E-state index contributed by atoms with van der Waals surface area (Å²) in [6.07, 6.45) is 6.13. The Morgan fingerprint density at radius 3 is 1.53 bits per heavy atom. The first-order valence-corrected chi connectivity index (χ1v) is 20.2. The SMILES string of the molecule is O=C(CCCCl)c1ccc(F)cc1.O=C(CCCN1CCN(c2cccc3cccnc23)CC1)c1ccc(F)cc1.c1cnc2c(N3CCNCC3)cccc2c1. The molecule has 11 heteroatoms. The Labute approximate surface area is 338 Å². The van der Waals surface area contributed by atoms with Crippen molar-refractivity contribution in [3.63, 3.8) is 0 Å². The summed E-state index contributed by atoms with van der Waals surface area (Å²) in [5.41, 5.74) is 5.78. The monoisotopic (exact) mass is 790 g/mol. The second-order valence-corrected chi connectivity index (χ2v) is 14.4. The normalized spacial score (nSPS) is 14.4. The molecule has 2 aliphatic heterocycles. The Hall–Kier alpha value is -5.29. The van der Waals surface area contributed by atoms with Gasteiger partial charge in [0.25, 0.3) is 0 Å². The fraction of sp³-hybridized carbons (Fsp3) is 0.304. The average Bonchev–Trinajstić information content (AvgIpc) is 3.26. The highest BCUT2D eigenvalue weighted by molar-refractivity contribution is 6.18. The smallest absolute Gasteiger partial charge is 0.162 e. The van der Waals surface area contributed by atoms with Crippen LogP contribution in [-0.2, 0) is 0 Å². The molecule has 4 aromatic carbocycles. The summed E-state index contributed by atoms with van der Waals surface area (Å²) in [6, 6.07) is 32.3. The number of fused-ring (bicyclic) bond motifs is 2. The fourth-order valence-corrected chi connectivity index (χ4v) is 7.19. The second kappa shape index (κ2) is 21.3. The zero-order valence-electron chi connectivity index (χ0n) is 32.1. The molecule has 0 aliphatic carbocycles. The van der Waals surface area contributed by atoms with Crippen LogP contribution < -0.4 is 15.1 Å². The van der Waals surface area contributed by atoms with Gasteiger partial charge in [0.2, 0.25) is 0 Å². The van der Waals surface area contributed by atoms with Gasteiger partial charge in [-0.05, 0) is 92.2 Å². The molecule has 6 aromatic rings. The van der Waals surface area contributed by atoms with Crippen molar-refractivity contribution < 1.29 is 18.4 Å². The summed E-state index contributed by atoms with van der Waals surface area (Å²) in [7, 11) is 0. The molecule has 0 unspecified atom stereocenters. The summed E-state index contributed by atoms with van der Waals surface area (Å²) in [6.45, 7) is 9.04. The van der Waals surface area contributed by atoms with E-state index >= 15 is 0 Å². The van der Waals surface area contributed by atoms with Crippen molar-refractivity contribution in [2.75, 3.05) is 74.6 Å². The number of rotatable bonds is 11. The van der Waals surface area contributed by atoms with Crippen LogP contribution in [0.1, 0.15) is 46.4 Å². The van der Waals surface area contributed by atoms with Crippen molar-refractivity contribution in [3.8, 4) is 0 Å². The Bertz CT molecular complexity index is 2180. The van der Waals surface area contributed by atoms with Gasteiger partial charge in [0, 0.05) is 105 Å². The molecular weight excluding hydrogens is 742 g/mol. The van der Waals surface area contributed by atoms with E-state index in [1.54, 1.807) is 12.1 Å². The van der Waals surface area contributed by atoms with Crippen LogP contribution in [0.25, 0.3) is 21.8 Å². The quantitative estimate of drug-likeness (QED) is 0.103. The molecule has 0 radical (unpaired) electrons. The maximum absolute atomic E-state index is 13.0. The van der Waals surface area contributed by atoms with Crippen LogP contribution in [0, 0.1) is 11.6 Å². The summed E-state index contributed by atoms with van der Waals surface area (Å²) < 4.78 is 25.4. The molecule has 1 N–H and O–H groups in total. The lowest BCUT2D eigenvalue weighted by atomic mass is 10.1. The second-order valence-electron chi connectivity index (χ2n) is 14.0. The summed E-state index contributed by atoms with van der Waals surface area (Å²) >= 11 is 5.45. The maximum Gasteiger partial charge on any atom is 0.162 e. The van der Waals surface area contributed by atoms with E-state index in [0.29, 0.717) is 36.3 Å². The molecule has 2 aliphatic rings. The highest BCUT2D eigenvalue weighted by atomic mass is 35.5. The van der Waals surface area contributed by atoms with Crippen molar-refractivity contribution >= 4 is 56.3 Å². The molecule has 8 nitrogen and oxygen atoms in total. The molecule has 0 spiro atoms. The Balaban J connectivity index is 0.000000160. The molecule has 296 valence electrons. The number of ketones is 2. The first-order valence-electron chi connectivity index (χ1n) is 19.6. The topological polar surface area (TPSA) is 81.7 Å². The fourth-order valence-electron chi connectivity index (χ4n) is 7.06. The predicted octanol–water partition coefficient (Wildman–Crippen LogP) is 8.83. The van der Waals surface area contributed by atoms with Crippen molar-refractivity contribution in [2.45, 2.75) is 25.7 Å². The predicted molar refractivity (Wildman–Crippen MR) is 228 cm³/mol. The number of hydrogen-bond acceptors (Lipinski definition) is 8. The number of anilines is 2. The number of carbonyl (C=O) groups excluding carboxylic acids is 2. The number of benzene rings is 4. The third-order valence-corrected chi connectivity index (χ3v) is 10.4.